The fourth-order valence-corrected chi connectivity index (χ4v) is 14.6. The van der Waals surface area contributed by atoms with E-state index >= 15 is 0 Å². The molecular weight excluding hydrogens is 693 g/mol. The number of anilines is 7. The largest absolute Gasteiger partial charge is 0.335 e. The third-order valence-corrected chi connectivity index (χ3v) is 18.6. The molecule has 56 heavy (non-hydrogen) atoms. The minimum Gasteiger partial charge on any atom is -0.335 e. The van der Waals surface area contributed by atoms with Crippen LogP contribution in [-0.4, -0.2) is 25.9 Å². The van der Waals surface area contributed by atoms with Gasteiger partial charge in [0.2, 0.25) is 0 Å². The van der Waals surface area contributed by atoms with Crippen LogP contribution in [0.4, 0.5) is 39.8 Å². The molecule has 5 aromatic rings. The molecule has 2 aliphatic carbocycles. The number of nitrogens with zero attached hydrogens (tertiary/aromatic N) is 3. The molecule has 4 aliphatic heterocycles. The van der Waals surface area contributed by atoms with Crippen LogP contribution in [0.1, 0.15) is 101 Å². The molecule has 0 N–H and O–H groups in total. The summed E-state index contributed by atoms with van der Waals surface area (Å²) in [6.45, 7) is 23.0. The van der Waals surface area contributed by atoms with E-state index in [9.17, 15) is 0 Å². The summed E-state index contributed by atoms with van der Waals surface area (Å²) in [6, 6.07) is 36.3. The molecule has 0 saturated heterocycles. The molecule has 0 bridgehead atoms. The standard InChI is InChI=1S/C51H58BN3Si/c1-33-27-34(2)45-42(28-33)54(51(6)26-18-16-24-49(45,51)4)36-29-43-46-44(30-36)55-47-38(48(3)23-15-17-25-50(48,55)5)31-37(56(7,8)9)32-40(47)52(46)39-21-13-14-22-41(39)53(43)35-19-11-10-12-20-35/h10-14,19-22,27-32H,15-18,23-26H2,1-9H3. The van der Waals surface area contributed by atoms with Gasteiger partial charge in [-0.3, -0.25) is 0 Å². The highest BCUT2D eigenvalue weighted by Crippen LogP contribution is 2.65. The van der Waals surface area contributed by atoms with E-state index in [0.29, 0.717) is 0 Å². The summed E-state index contributed by atoms with van der Waals surface area (Å²) in [7, 11) is -1.66. The van der Waals surface area contributed by atoms with Gasteiger partial charge >= 0.3 is 0 Å². The molecule has 0 radical (unpaired) electrons. The van der Waals surface area contributed by atoms with Crippen molar-refractivity contribution in [3.63, 3.8) is 0 Å². The summed E-state index contributed by atoms with van der Waals surface area (Å²) in [4.78, 5) is 8.43. The van der Waals surface area contributed by atoms with E-state index in [1.54, 1.807) is 21.8 Å². The molecule has 5 aromatic carbocycles. The van der Waals surface area contributed by atoms with Gasteiger partial charge < -0.3 is 14.7 Å². The molecule has 2 fully saturated rings. The first kappa shape index (κ1) is 35.0. The third-order valence-electron chi connectivity index (χ3n) is 16.6. The van der Waals surface area contributed by atoms with Gasteiger partial charge in [-0.15, -0.1) is 0 Å². The van der Waals surface area contributed by atoms with Crippen LogP contribution in [0.5, 0.6) is 0 Å². The van der Waals surface area contributed by atoms with Crippen molar-refractivity contribution in [3.05, 3.63) is 113 Å². The van der Waals surface area contributed by atoms with Crippen molar-refractivity contribution >= 4 is 76.2 Å². The van der Waals surface area contributed by atoms with Crippen LogP contribution in [-0.2, 0) is 10.8 Å². The predicted octanol–water partition coefficient (Wildman–Crippen LogP) is 10.9. The summed E-state index contributed by atoms with van der Waals surface area (Å²) >= 11 is 0. The quantitative estimate of drug-likeness (QED) is 0.167. The van der Waals surface area contributed by atoms with Crippen molar-refractivity contribution in [3.8, 4) is 0 Å². The lowest BCUT2D eigenvalue weighted by Gasteiger charge is -2.53. The summed E-state index contributed by atoms with van der Waals surface area (Å²) < 4.78 is 0. The lowest BCUT2D eigenvalue weighted by atomic mass is 9.33. The highest BCUT2D eigenvalue weighted by atomic mass is 28.3. The monoisotopic (exact) mass is 751 g/mol. The SMILES string of the molecule is Cc1cc(C)c2c(c1)N(c1cc3c4c(c1)N1c5c(cc([Si](C)(C)C)cc5C5(C)CCCCC15C)B4c1ccccc1N3c1ccccc1)C1(C)CCCCC21C. The predicted molar refractivity (Wildman–Crippen MR) is 244 cm³/mol. The molecule has 4 atom stereocenters. The minimum atomic E-state index is -1.66. The molecule has 0 amide bonds. The number of para-hydroxylation sites is 2. The van der Waals surface area contributed by atoms with Crippen LogP contribution >= 0.6 is 0 Å². The van der Waals surface area contributed by atoms with Crippen molar-refractivity contribution in [2.24, 2.45) is 0 Å². The lowest BCUT2D eigenvalue weighted by molar-refractivity contribution is 0.193. The van der Waals surface area contributed by atoms with Gasteiger partial charge in [-0.05, 0) is 128 Å². The topological polar surface area (TPSA) is 9.72 Å². The van der Waals surface area contributed by atoms with Crippen LogP contribution < -0.4 is 36.3 Å². The van der Waals surface area contributed by atoms with Gasteiger partial charge in [0.05, 0.1) is 19.2 Å². The Balaban J connectivity index is 1.28. The van der Waals surface area contributed by atoms with Gasteiger partial charge in [0.15, 0.2) is 0 Å². The number of hydrogen-bond acceptors (Lipinski definition) is 3. The van der Waals surface area contributed by atoms with E-state index in [2.05, 4.69) is 167 Å². The Morgan fingerprint density at radius 1 is 0.571 bits per heavy atom. The van der Waals surface area contributed by atoms with E-state index in [-0.39, 0.29) is 28.6 Å². The fraction of sp³-hybridized carbons (Fsp3) is 0.412. The maximum absolute atomic E-state index is 2.95. The zero-order chi connectivity index (χ0) is 38.7. The third kappa shape index (κ3) is 4.16. The van der Waals surface area contributed by atoms with Gasteiger partial charge in [0.25, 0.3) is 6.71 Å². The average molecular weight is 752 g/mol. The number of aryl methyl sites for hydroxylation is 2. The van der Waals surface area contributed by atoms with E-state index < -0.39 is 8.07 Å². The minimum absolute atomic E-state index is 0.0222. The second-order valence-corrected chi connectivity index (χ2v) is 25.6. The van der Waals surface area contributed by atoms with Crippen LogP contribution in [0, 0.1) is 13.8 Å². The first-order chi connectivity index (χ1) is 26.7. The Hall–Kier alpha value is -4.22. The number of fused-ring (bicyclic) bond motifs is 10. The maximum Gasteiger partial charge on any atom is 0.252 e. The van der Waals surface area contributed by atoms with Gasteiger partial charge in [0, 0.05) is 50.6 Å². The highest BCUT2D eigenvalue weighted by Gasteiger charge is 2.63. The summed E-state index contributed by atoms with van der Waals surface area (Å²) in [5.74, 6) is 0. The van der Waals surface area contributed by atoms with Crippen molar-refractivity contribution in [1.29, 1.82) is 0 Å². The lowest BCUT2D eigenvalue weighted by Crippen LogP contribution is -2.65. The molecule has 0 aromatic heterocycles. The summed E-state index contributed by atoms with van der Waals surface area (Å²) in [6.07, 6.45) is 10.0. The summed E-state index contributed by atoms with van der Waals surface area (Å²) in [5, 5.41) is 1.61. The molecule has 11 rings (SSSR count). The number of rotatable bonds is 3. The fourth-order valence-electron chi connectivity index (χ4n) is 13.5. The van der Waals surface area contributed by atoms with Crippen molar-refractivity contribution in [1.82, 2.24) is 0 Å². The second kappa shape index (κ2) is 11.2. The normalized spacial score (nSPS) is 28.0. The first-order valence-electron chi connectivity index (χ1n) is 21.7. The Bertz CT molecular complexity index is 2500. The van der Waals surface area contributed by atoms with Crippen molar-refractivity contribution in [2.45, 2.75) is 134 Å². The van der Waals surface area contributed by atoms with E-state index in [0.717, 1.165) is 0 Å². The van der Waals surface area contributed by atoms with E-state index in [1.165, 1.54) is 113 Å². The molecule has 4 heterocycles. The summed E-state index contributed by atoms with van der Waals surface area (Å²) in [5.41, 5.74) is 20.3. The van der Waals surface area contributed by atoms with Crippen LogP contribution in [0.2, 0.25) is 19.6 Å². The maximum atomic E-state index is 2.95. The van der Waals surface area contributed by atoms with Gasteiger partial charge in [-0.25, -0.2) is 0 Å². The molecule has 6 aliphatic rings. The second-order valence-electron chi connectivity index (χ2n) is 20.5. The Morgan fingerprint density at radius 3 is 1.95 bits per heavy atom. The Kier molecular flexibility index (Phi) is 7.03. The molecule has 5 heteroatoms. The van der Waals surface area contributed by atoms with E-state index in [4.69, 9.17) is 0 Å². The zero-order valence-electron chi connectivity index (χ0n) is 35.2. The molecule has 3 nitrogen and oxygen atoms in total. The van der Waals surface area contributed by atoms with Crippen LogP contribution in [0.3, 0.4) is 0 Å². The van der Waals surface area contributed by atoms with Gasteiger partial charge in [-0.1, -0.05) is 119 Å². The Labute approximate surface area is 337 Å². The average Bonchev–Trinajstić information content (AvgIpc) is 3.51. The van der Waals surface area contributed by atoms with Crippen LogP contribution in [0.25, 0.3) is 0 Å². The highest BCUT2D eigenvalue weighted by molar-refractivity contribution is 7.01. The van der Waals surface area contributed by atoms with Crippen LogP contribution in [0.15, 0.2) is 91.0 Å². The molecule has 0 spiro atoms. The zero-order valence-corrected chi connectivity index (χ0v) is 36.2. The molecular formula is C51H58BN3Si. The molecule has 4 unspecified atom stereocenters. The molecule has 284 valence electrons. The first-order valence-corrected chi connectivity index (χ1v) is 25.2. The Morgan fingerprint density at radius 2 is 1.21 bits per heavy atom. The van der Waals surface area contributed by atoms with Crippen molar-refractivity contribution in [2.75, 3.05) is 14.7 Å². The number of benzene rings is 5. The van der Waals surface area contributed by atoms with E-state index in [1.807, 2.05) is 0 Å². The molecule has 2 saturated carbocycles. The number of hydrogen-bond donors (Lipinski definition) is 0. The van der Waals surface area contributed by atoms with Gasteiger partial charge in [-0.2, -0.15) is 0 Å². The van der Waals surface area contributed by atoms with Gasteiger partial charge in [0.1, 0.15) is 0 Å². The van der Waals surface area contributed by atoms with Crippen molar-refractivity contribution < 1.29 is 0 Å². The smallest absolute Gasteiger partial charge is 0.252 e.